The highest BCUT2D eigenvalue weighted by Crippen LogP contribution is 2.35. The fourth-order valence-corrected chi connectivity index (χ4v) is 5.51. The molecule has 0 spiro atoms. The van der Waals surface area contributed by atoms with Crippen LogP contribution in [0.5, 0.6) is 0 Å². The Balaban J connectivity index is 1.61. The average molecular weight is 441 g/mol. The third-order valence-electron chi connectivity index (χ3n) is 6.62. The monoisotopic (exact) mass is 440 g/mol. The third kappa shape index (κ3) is 4.66. The molecule has 0 unspecified atom stereocenters. The number of rotatable bonds is 6. The van der Waals surface area contributed by atoms with Gasteiger partial charge in [-0.3, -0.25) is 0 Å². The van der Waals surface area contributed by atoms with Gasteiger partial charge in [-0.15, -0.1) is 17.8 Å². The predicted molar refractivity (Wildman–Crippen MR) is 140 cm³/mol. The van der Waals surface area contributed by atoms with Gasteiger partial charge in [0.15, 0.2) is 0 Å². The highest BCUT2D eigenvalue weighted by molar-refractivity contribution is 7.10. The number of hydrogen-bond donors (Lipinski definition) is 0. The van der Waals surface area contributed by atoms with Crippen molar-refractivity contribution in [2.24, 2.45) is 4.99 Å². The van der Waals surface area contributed by atoms with Crippen LogP contribution in [0.4, 0.5) is 5.69 Å². The average Bonchev–Trinajstić information content (AvgIpc) is 3.17. The first kappa shape index (κ1) is 22.4. The summed E-state index contributed by atoms with van der Waals surface area (Å²) in [7, 11) is 2.02. The van der Waals surface area contributed by atoms with E-state index >= 15 is 0 Å². The highest BCUT2D eigenvalue weighted by Gasteiger charge is 2.15. The minimum atomic E-state index is 0.862. The van der Waals surface area contributed by atoms with E-state index in [1.165, 1.54) is 63.9 Å². The normalized spacial score (nSPS) is 13.2. The molecule has 0 saturated carbocycles. The molecule has 1 heterocycles. The molecule has 0 fully saturated rings. The number of fused-ring (bicyclic) bond motifs is 1. The zero-order chi connectivity index (χ0) is 22.7. The summed E-state index contributed by atoms with van der Waals surface area (Å²) >= 11 is 1.84. The first-order valence-electron chi connectivity index (χ1n) is 11.5. The maximum absolute atomic E-state index is 5.90. The number of terminal acetylenes is 1. The summed E-state index contributed by atoms with van der Waals surface area (Å²) in [5, 5.41) is 2.32. The Morgan fingerprint density at radius 3 is 2.66 bits per heavy atom. The molecule has 3 aromatic rings. The lowest BCUT2D eigenvalue weighted by Crippen LogP contribution is -2.14. The van der Waals surface area contributed by atoms with Crippen molar-refractivity contribution >= 4 is 23.4 Å². The molecule has 0 amide bonds. The highest BCUT2D eigenvalue weighted by atomic mass is 32.1. The minimum absolute atomic E-state index is 0.862. The number of thiophene rings is 1. The predicted octanol–water partition coefficient (Wildman–Crippen LogP) is 7.09. The van der Waals surface area contributed by atoms with Gasteiger partial charge in [0.1, 0.15) is 0 Å². The third-order valence-corrected chi connectivity index (χ3v) is 7.71. The molecule has 0 aliphatic heterocycles. The van der Waals surface area contributed by atoms with Crippen molar-refractivity contribution < 1.29 is 0 Å². The molecule has 164 valence electrons. The lowest BCUT2D eigenvalue weighted by Gasteiger charge is -2.16. The molecule has 32 heavy (non-hydrogen) atoms. The molecule has 0 saturated heterocycles. The van der Waals surface area contributed by atoms with Crippen molar-refractivity contribution in [3.05, 3.63) is 74.0 Å². The van der Waals surface area contributed by atoms with Gasteiger partial charge < -0.3 is 4.90 Å². The van der Waals surface area contributed by atoms with Crippen molar-refractivity contribution in [3.63, 3.8) is 0 Å². The summed E-state index contributed by atoms with van der Waals surface area (Å²) in [5.74, 6) is 2.89. The standard InChI is InChI=1S/C29H32N2S/c1-6-22-16-28(30-19-31(5)7-2)20(3)14-26(22)17-29-21(4)27(18-32-29)25-13-12-23-10-8-9-11-24(23)15-25/h1,12-16,18-19H,7-11,17H2,2-5H3. The Morgan fingerprint density at radius 2 is 1.91 bits per heavy atom. The van der Waals surface area contributed by atoms with E-state index in [2.05, 4.69) is 72.3 Å². The second-order valence-electron chi connectivity index (χ2n) is 8.82. The van der Waals surface area contributed by atoms with Crippen LogP contribution in [0.3, 0.4) is 0 Å². The molecule has 2 aromatic carbocycles. The first-order valence-corrected chi connectivity index (χ1v) is 12.4. The van der Waals surface area contributed by atoms with Gasteiger partial charge >= 0.3 is 0 Å². The molecule has 4 rings (SSSR count). The SMILES string of the molecule is C#Cc1cc(N=CN(C)CC)c(C)cc1Cc1scc(-c2ccc3c(c2)CCCC3)c1C. The van der Waals surface area contributed by atoms with E-state index in [0.29, 0.717) is 0 Å². The van der Waals surface area contributed by atoms with Gasteiger partial charge in [0, 0.05) is 30.5 Å². The fraction of sp³-hybridized carbons (Fsp3) is 0.345. The molecule has 1 aliphatic carbocycles. The smallest absolute Gasteiger partial charge is 0.0909 e. The van der Waals surface area contributed by atoms with Crippen molar-refractivity contribution in [2.45, 2.75) is 52.9 Å². The lowest BCUT2D eigenvalue weighted by atomic mass is 9.89. The summed E-state index contributed by atoms with van der Waals surface area (Å²) in [6, 6.07) is 11.3. The molecule has 2 nitrogen and oxygen atoms in total. The van der Waals surface area contributed by atoms with Crippen LogP contribution in [-0.2, 0) is 19.3 Å². The van der Waals surface area contributed by atoms with Crippen molar-refractivity contribution in [2.75, 3.05) is 13.6 Å². The molecule has 3 heteroatoms. The molecule has 0 atom stereocenters. The second-order valence-corrected chi connectivity index (χ2v) is 9.79. The van der Waals surface area contributed by atoms with Gasteiger partial charge in [-0.25, -0.2) is 4.99 Å². The van der Waals surface area contributed by atoms with Gasteiger partial charge in [0.05, 0.1) is 12.0 Å². The van der Waals surface area contributed by atoms with Gasteiger partial charge in [0.25, 0.3) is 0 Å². The largest absolute Gasteiger partial charge is 0.366 e. The maximum Gasteiger partial charge on any atom is 0.0909 e. The number of aliphatic imine (C=N–C) groups is 1. The van der Waals surface area contributed by atoms with Gasteiger partial charge in [-0.1, -0.05) is 30.2 Å². The molecule has 1 aromatic heterocycles. The minimum Gasteiger partial charge on any atom is -0.366 e. The number of nitrogens with zero attached hydrogens (tertiary/aromatic N) is 2. The van der Waals surface area contributed by atoms with Crippen LogP contribution < -0.4 is 0 Å². The second kappa shape index (κ2) is 9.76. The summed E-state index contributed by atoms with van der Waals surface area (Å²) < 4.78 is 0. The van der Waals surface area contributed by atoms with Gasteiger partial charge in [-0.2, -0.15) is 0 Å². The van der Waals surface area contributed by atoms with Crippen molar-refractivity contribution in [1.29, 1.82) is 0 Å². The fourth-order valence-electron chi connectivity index (χ4n) is 4.41. The van der Waals surface area contributed by atoms with Crippen LogP contribution >= 0.6 is 11.3 Å². The van der Waals surface area contributed by atoms with E-state index in [9.17, 15) is 0 Å². The van der Waals surface area contributed by atoms with Gasteiger partial charge in [0.2, 0.25) is 0 Å². The van der Waals surface area contributed by atoms with E-state index in [4.69, 9.17) is 6.42 Å². The maximum atomic E-state index is 5.90. The topological polar surface area (TPSA) is 15.6 Å². The zero-order valence-electron chi connectivity index (χ0n) is 19.7. The van der Waals surface area contributed by atoms with Crippen molar-refractivity contribution in [3.8, 4) is 23.5 Å². The Morgan fingerprint density at radius 1 is 1.12 bits per heavy atom. The number of benzene rings is 2. The van der Waals surface area contributed by atoms with E-state index < -0.39 is 0 Å². The lowest BCUT2D eigenvalue weighted by molar-refractivity contribution is 0.552. The quantitative estimate of drug-likeness (QED) is 0.227. The van der Waals surface area contributed by atoms with Crippen LogP contribution in [0.2, 0.25) is 0 Å². The van der Waals surface area contributed by atoms with E-state index in [1.54, 1.807) is 0 Å². The van der Waals surface area contributed by atoms with E-state index in [0.717, 1.165) is 29.8 Å². The summed E-state index contributed by atoms with van der Waals surface area (Å²) in [4.78, 5) is 8.08. The van der Waals surface area contributed by atoms with E-state index in [-0.39, 0.29) is 0 Å². The Kier molecular flexibility index (Phi) is 6.82. The van der Waals surface area contributed by atoms with Crippen LogP contribution in [0.1, 0.15) is 58.0 Å². The van der Waals surface area contributed by atoms with Crippen LogP contribution in [0.25, 0.3) is 11.1 Å². The summed E-state index contributed by atoms with van der Waals surface area (Å²) in [6.45, 7) is 7.40. The van der Waals surface area contributed by atoms with Crippen molar-refractivity contribution in [1.82, 2.24) is 4.90 Å². The Bertz CT molecular complexity index is 1190. The zero-order valence-corrected chi connectivity index (χ0v) is 20.5. The number of hydrogen-bond acceptors (Lipinski definition) is 2. The number of aryl methyl sites for hydroxylation is 3. The molecular weight excluding hydrogens is 408 g/mol. The van der Waals surface area contributed by atoms with E-state index in [1.807, 2.05) is 24.7 Å². The molecular formula is C29H32N2S. The van der Waals surface area contributed by atoms with Crippen LogP contribution in [0.15, 0.2) is 40.7 Å². The van der Waals surface area contributed by atoms with Crippen LogP contribution in [0, 0.1) is 26.2 Å². The molecule has 0 bridgehead atoms. The summed E-state index contributed by atoms with van der Waals surface area (Å²) in [5.41, 5.74) is 11.4. The molecule has 1 aliphatic rings. The van der Waals surface area contributed by atoms with Gasteiger partial charge in [-0.05, 0) is 96.8 Å². The van der Waals surface area contributed by atoms with Crippen LogP contribution in [-0.4, -0.2) is 24.8 Å². The first-order chi connectivity index (χ1) is 15.5. The molecule has 0 radical (unpaired) electrons. The molecule has 0 N–H and O–H groups in total. The summed E-state index contributed by atoms with van der Waals surface area (Å²) in [6.07, 6.45) is 13.7. The Hall–Kier alpha value is -2.83. The Labute approximate surface area is 197 Å².